The number of carbonyl (C=O) groups excluding carboxylic acids is 2. The van der Waals surface area contributed by atoms with E-state index in [2.05, 4.69) is 17.6 Å². The Kier molecular flexibility index (Phi) is 8.36. The van der Waals surface area contributed by atoms with Crippen LogP contribution in [0.1, 0.15) is 44.2 Å². The first-order valence-electron chi connectivity index (χ1n) is 11.2. The van der Waals surface area contributed by atoms with Gasteiger partial charge in [0.2, 0.25) is 5.91 Å². The highest BCUT2D eigenvalue weighted by Crippen LogP contribution is 2.34. The molecule has 7 heteroatoms. The predicted molar refractivity (Wildman–Crippen MR) is 125 cm³/mol. The fourth-order valence-electron chi connectivity index (χ4n) is 4.03. The highest BCUT2D eigenvalue weighted by Gasteiger charge is 2.35. The quantitative estimate of drug-likeness (QED) is 0.589. The number of piperidine rings is 1. The number of nitrogens with zero attached hydrogens (tertiary/aromatic N) is 1. The van der Waals surface area contributed by atoms with E-state index in [4.69, 9.17) is 9.47 Å². The van der Waals surface area contributed by atoms with E-state index in [-0.39, 0.29) is 23.9 Å². The largest absolute Gasteiger partial charge is 0.497 e. The van der Waals surface area contributed by atoms with Crippen LogP contribution in [0.25, 0.3) is 0 Å². The fourth-order valence-corrected chi connectivity index (χ4v) is 4.03. The molecular formula is C25H33N3O4. The van der Waals surface area contributed by atoms with Gasteiger partial charge in [-0.25, -0.2) is 4.79 Å². The van der Waals surface area contributed by atoms with Crippen molar-refractivity contribution in [2.75, 3.05) is 32.6 Å². The molecule has 0 radical (unpaired) electrons. The summed E-state index contributed by atoms with van der Waals surface area (Å²) in [6.07, 6.45) is 3.37. The number of rotatable bonds is 8. The van der Waals surface area contributed by atoms with Crippen LogP contribution in [0.5, 0.6) is 11.5 Å². The predicted octanol–water partition coefficient (Wildman–Crippen LogP) is 4.61. The van der Waals surface area contributed by atoms with Crippen LogP contribution in [0.4, 0.5) is 10.5 Å². The number of anilines is 1. The molecule has 1 fully saturated rings. The average Bonchev–Trinajstić information content (AvgIpc) is 2.83. The number of likely N-dealkylation sites (tertiary alicyclic amines) is 1. The summed E-state index contributed by atoms with van der Waals surface area (Å²) < 4.78 is 10.6. The molecule has 2 aromatic rings. The summed E-state index contributed by atoms with van der Waals surface area (Å²) in [5.74, 6) is 0.788. The first-order chi connectivity index (χ1) is 15.5. The zero-order valence-corrected chi connectivity index (χ0v) is 19.1. The van der Waals surface area contributed by atoms with Crippen LogP contribution in [0.3, 0.4) is 0 Å². The third-order valence-corrected chi connectivity index (χ3v) is 5.82. The standard InChI is InChI=1S/C25H33N3O4/c1-4-5-13-26-25(30)28-17-19(11-12-23(28)18-9-7-6-8-10-18)24(29)27-20-14-21(31-2)16-22(15-20)32-3/h6-10,14-16,19,23H,4-5,11-13,17H2,1-3H3,(H,26,30)(H,27,29)/t19-,23-/m0/s1. The lowest BCUT2D eigenvalue weighted by Gasteiger charge is -2.39. The van der Waals surface area contributed by atoms with Crippen molar-refractivity contribution < 1.29 is 19.1 Å². The topological polar surface area (TPSA) is 79.9 Å². The Labute approximate surface area is 190 Å². The Hall–Kier alpha value is -3.22. The molecule has 1 saturated heterocycles. The van der Waals surface area contributed by atoms with Crippen molar-refractivity contribution in [3.8, 4) is 11.5 Å². The number of urea groups is 1. The molecule has 0 aliphatic carbocycles. The molecule has 2 aromatic carbocycles. The zero-order valence-electron chi connectivity index (χ0n) is 19.1. The number of unbranched alkanes of at least 4 members (excludes halogenated alkanes) is 1. The second kappa shape index (κ2) is 11.4. The zero-order chi connectivity index (χ0) is 22.9. The third kappa shape index (κ3) is 5.93. The van der Waals surface area contributed by atoms with Gasteiger partial charge < -0.3 is 25.0 Å². The number of methoxy groups -OCH3 is 2. The lowest BCUT2D eigenvalue weighted by atomic mass is 9.88. The van der Waals surface area contributed by atoms with Crippen LogP contribution < -0.4 is 20.1 Å². The molecule has 1 heterocycles. The first-order valence-corrected chi connectivity index (χ1v) is 11.2. The summed E-state index contributed by atoms with van der Waals surface area (Å²) in [6, 6.07) is 15.1. The molecule has 0 bridgehead atoms. The van der Waals surface area contributed by atoms with Gasteiger partial charge in [0.1, 0.15) is 11.5 Å². The number of benzene rings is 2. The van der Waals surface area contributed by atoms with Crippen molar-refractivity contribution >= 4 is 17.6 Å². The van der Waals surface area contributed by atoms with E-state index in [0.29, 0.717) is 36.7 Å². The highest BCUT2D eigenvalue weighted by atomic mass is 16.5. The summed E-state index contributed by atoms with van der Waals surface area (Å²) in [6.45, 7) is 3.09. The Bertz CT molecular complexity index is 881. The summed E-state index contributed by atoms with van der Waals surface area (Å²) in [5.41, 5.74) is 1.70. The Morgan fingerprint density at radius 2 is 1.72 bits per heavy atom. The lowest BCUT2D eigenvalue weighted by molar-refractivity contribution is -0.121. The molecule has 7 nitrogen and oxygen atoms in total. The molecule has 2 atom stereocenters. The molecule has 0 aromatic heterocycles. The van der Waals surface area contributed by atoms with E-state index in [1.807, 2.05) is 35.2 Å². The van der Waals surface area contributed by atoms with Crippen molar-refractivity contribution in [2.24, 2.45) is 5.92 Å². The van der Waals surface area contributed by atoms with Gasteiger partial charge in [-0.2, -0.15) is 0 Å². The van der Waals surface area contributed by atoms with Crippen LogP contribution in [0, 0.1) is 5.92 Å². The van der Waals surface area contributed by atoms with Crippen molar-refractivity contribution in [1.82, 2.24) is 10.2 Å². The minimum Gasteiger partial charge on any atom is -0.497 e. The van der Waals surface area contributed by atoms with E-state index in [1.54, 1.807) is 32.4 Å². The van der Waals surface area contributed by atoms with Crippen LogP contribution in [-0.2, 0) is 4.79 Å². The maximum Gasteiger partial charge on any atom is 0.317 e. The van der Waals surface area contributed by atoms with Gasteiger partial charge in [0.25, 0.3) is 0 Å². The van der Waals surface area contributed by atoms with Crippen LogP contribution in [0.2, 0.25) is 0 Å². The Morgan fingerprint density at radius 1 is 1.03 bits per heavy atom. The van der Waals surface area contributed by atoms with E-state index >= 15 is 0 Å². The van der Waals surface area contributed by atoms with Gasteiger partial charge in [0.05, 0.1) is 26.2 Å². The molecular weight excluding hydrogens is 406 g/mol. The fraction of sp³-hybridized carbons (Fsp3) is 0.440. The SMILES string of the molecule is CCCCNC(=O)N1C[C@@H](C(=O)Nc2cc(OC)cc(OC)c2)CC[C@H]1c1ccccc1. The maximum atomic E-state index is 13.1. The number of nitrogens with one attached hydrogen (secondary N) is 2. The van der Waals surface area contributed by atoms with Gasteiger partial charge >= 0.3 is 6.03 Å². The minimum atomic E-state index is -0.302. The van der Waals surface area contributed by atoms with E-state index in [9.17, 15) is 9.59 Å². The van der Waals surface area contributed by atoms with Gasteiger partial charge in [-0.15, -0.1) is 0 Å². The highest BCUT2D eigenvalue weighted by molar-refractivity contribution is 5.93. The minimum absolute atomic E-state index is 0.0428. The van der Waals surface area contributed by atoms with E-state index in [0.717, 1.165) is 24.8 Å². The van der Waals surface area contributed by atoms with Crippen molar-refractivity contribution in [2.45, 2.75) is 38.6 Å². The Morgan fingerprint density at radius 3 is 2.34 bits per heavy atom. The molecule has 32 heavy (non-hydrogen) atoms. The van der Waals surface area contributed by atoms with Crippen LogP contribution >= 0.6 is 0 Å². The summed E-state index contributed by atoms with van der Waals surface area (Å²) in [5, 5.41) is 5.98. The first kappa shape index (κ1) is 23.4. The van der Waals surface area contributed by atoms with Crippen LogP contribution in [0.15, 0.2) is 48.5 Å². The van der Waals surface area contributed by atoms with Gasteiger partial charge in [-0.3, -0.25) is 4.79 Å². The van der Waals surface area contributed by atoms with Crippen molar-refractivity contribution in [1.29, 1.82) is 0 Å². The number of carbonyl (C=O) groups is 2. The summed E-state index contributed by atoms with van der Waals surface area (Å²) in [7, 11) is 3.14. The van der Waals surface area contributed by atoms with Crippen LogP contribution in [-0.4, -0.2) is 44.1 Å². The van der Waals surface area contributed by atoms with Crippen molar-refractivity contribution in [3.05, 3.63) is 54.1 Å². The Balaban J connectivity index is 1.74. The molecule has 3 amide bonds. The molecule has 3 rings (SSSR count). The molecule has 0 spiro atoms. The normalized spacial score (nSPS) is 18.0. The number of ether oxygens (including phenoxy) is 2. The smallest absolute Gasteiger partial charge is 0.317 e. The van der Waals surface area contributed by atoms with Gasteiger partial charge in [-0.05, 0) is 24.8 Å². The molecule has 2 N–H and O–H groups in total. The molecule has 0 saturated carbocycles. The van der Waals surface area contributed by atoms with Crippen molar-refractivity contribution in [3.63, 3.8) is 0 Å². The van der Waals surface area contributed by atoms with Gasteiger partial charge in [-0.1, -0.05) is 43.7 Å². The maximum absolute atomic E-state index is 13.1. The summed E-state index contributed by atoms with van der Waals surface area (Å²) in [4.78, 5) is 27.9. The third-order valence-electron chi connectivity index (χ3n) is 5.82. The second-order valence-corrected chi connectivity index (χ2v) is 8.03. The number of hydrogen-bond acceptors (Lipinski definition) is 4. The van der Waals surface area contributed by atoms with E-state index in [1.165, 1.54) is 0 Å². The van der Waals surface area contributed by atoms with Gasteiger partial charge in [0, 0.05) is 37.0 Å². The second-order valence-electron chi connectivity index (χ2n) is 8.03. The number of hydrogen-bond donors (Lipinski definition) is 2. The molecule has 1 aliphatic rings. The summed E-state index contributed by atoms with van der Waals surface area (Å²) >= 11 is 0. The average molecular weight is 440 g/mol. The molecule has 172 valence electrons. The van der Waals surface area contributed by atoms with E-state index < -0.39 is 0 Å². The number of amides is 3. The monoisotopic (exact) mass is 439 g/mol. The molecule has 1 aliphatic heterocycles. The van der Waals surface area contributed by atoms with Gasteiger partial charge in [0.15, 0.2) is 0 Å². The lowest BCUT2D eigenvalue weighted by Crippen LogP contribution is -2.49. The molecule has 0 unspecified atom stereocenters.